The van der Waals surface area contributed by atoms with E-state index in [0.29, 0.717) is 12.0 Å². The van der Waals surface area contributed by atoms with Crippen LogP contribution in [-0.2, 0) is 4.74 Å². The van der Waals surface area contributed by atoms with E-state index in [1.165, 1.54) is 0 Å². The average Bonchev–Trinajstić information content (AvgIpc) is 2.73. The van der Waals surface area contributed by atoms with Crippen molar-refractivity contribution in [3.63, 3.8) is 0 Å². The van der Waals surface area contributed by atoms with Gasteiger partial charge in [0.15, 0.2) is 0 Å². The Balaban J connectivity index is 1.80. The van der Waals surface area contributed by atoms with Crippen molar-refractivity contribution < 1.29 is 9.53 Å². The van der Waals surface area contributed by atoms with Gasteiger partial charge < -0.3 is 9.72 Å². The van der Waals surface area contributed by atoms with E-state index in [2.05, 4.69) is 32.6 Å². The van der Waals surface area contributed by atoms with E-state index < -0.39 is 5.60 Å². The monoisotopic (exact) mass is 375 g/mol. The molecule has 1 unspecified atom stereocenters. The standard InChI is InChI=1S/C13H18IN3O2/c1-13(2,3)19-12(18)17-8-4-7(8)5-9(17)11-15-6-10(14)16-11/h6-9H,4-5H2,1-3H3,(H,15,16)/t7?,8-,9+/m1/s1. The first kappa shape index (κ1) is 13.2. The zero-order valence-electron chi connectivity index (χ0n) is 11.3. The van der Waals surface area contributed by atoms with Crippen LogP contribution in [0.4, 0.5) is 4.79 Å². The molecule has 0 spiro atoms. The van der Waals surface area contributed by atoms with Crippen LogP contribution >= 0.6 is 22.6 Å². The summed E-state index contributed by atoms with van der Waals surface area (Å²) in [5.41, 5.74) is -0.452. The van der Waals surface area contributed by atoms with Gasteiger partial charge >= 0.3 is 6.09 Å². The second kappa shape index (κ2) is 4.36. The highest BCUT2D eigenvalue weighted by Crippen LogP contribution is 2.53. The van der Waals surface area contributed by atoms with Crippen LogP contribution in [0.25, 0.3) is 0 Å². The van der Waals surface area contributed by atoms with Gasteiger partial charge in [0, 0.05) is 12.2 Å². The van der Waals surface area contributed by atoms with E-state index >= 15 is 0 Å². The van der Waals surface area contributed by atoms with Crippen molar-refractivity contribution in [2.75, 3.05) is 0 Å². The molecule has 3 rings (SSSR count). The number of fused-ring (bicyclic) bond motifs is 1. The molecule has 1 amide bonds. The molecule has 1 aromatic heterocycles. The quantitative estimate of drug-likeness (QED) is 0.768. The highest BCUT2D eigenvalue weighted by molar-refractivity contribution is 14.1. The highest BCUT2D eigenvalue weighted by Gasteiger charge is 2.56. The first-order chi connectivity index (χ1) is 8.85. The number of hydrogen-bond donors (Lipinski definition) is 1. The van der Waals surface area contributed by atoms with Gasteiger partial charge in [-0.2, -0.15) is 0 Å². The second-order valence-electron chi connectivity index (χ2n) is 6.31. The lowest BCUT2D eigenvalue weighted by Crippen LogP contribution is -2.38. The molecule has 0 aromatic carbocycles. The fraction of sp³-hybridized carbons (Fsp3) is 0.692. The maximum Gasteiger partial charge on any atom is 0.411 e. The molecule has 1 aliphatic carbocycles. The van der Waals surface area contributed by atoms with Crippen molar-refractivity contribution in [1.82, 2.24) is 14.9 Å². The number of hydrogen-bond acceptors (Lipinski definition) is 3. The molecule has 19 heavy (non-hydrogen) atoms. The van der Waals surface area contributed by atoms with Crippen molar-refractivity contribution in [3.05, 3.63) is 15.7 Å². The third-order valence-electron chi connectivity index (χ3n) is 3.59. The van der Waals surface area contributed by atoms with Crippen LogP contribution in [0.15, 0.2) is 6.20 Å². The number of H-pyrrole nitrogens is 1. The van der Waals surface area contributed by atoms with Crippen molar-refractivity contribution in [2.45, 2.75) is 51.3 Å². The zero-order chi connectivity index (χ0) is 13.8. The SMILES string of the molecule is CC(C)(C)OC(=O)N1[C@@H]2CC2C[C@H]1c1nc(I)c[nH]1. The summed E-state index contributed by atoms with van der Waals surface area (Å²) in [6.07, 6.45) is 3.75. The molecule has 1 saturated carbocycles. The van der Waals surface area contributed by atoms with Crippen LogP contribution in [0.1, 0.15) is 45.5 Å². The van der Waals surface area contributed by atoms with E-state index in [0.717, 1.165) is 22.4 Å². The number of ether oxygens (including phenoxy) is 1. The molecule has 3 atom stereocenters. The maximum atomic E-state index is 12.3. The number of rotatable bonds is 1. The first-order valence-electron chi connectivity index (χ1n) is 6.57. The van der Waals surface area contributed by atoms with Gasteiger partial charge in [0.05, 0.1) is 6.04 Å². The average molecular weight is 375 g/mol. The van der Waals surface area contributed by atoms with Gasteiger partial charge in [0.1, 0.15) is 15.1 Å². The summed E-state index contributed by atoms with van der Waals surface area (Å²) in [6, 6.07) is 0.393. The Labute approximate surface area is 126 Å². The summed E-state index contributed by atoms with van der Waals surface area (Å²) >= 11 is 2.17. The number of aromatic amines is 1. The number of nitrogens with zero attached hydrogens (tertiary/aromatic N) is 2. The van der Waals surface area contributed by atoms with Crippen LogP contribution in [0.2, 0.25) is 0 Å². The fourth-order valence-corrected chi connectivity index (χ4v) is 3.18. The molecule has 104 valence electrons. The third kappa shape index (κ3) is 2.59. The summed E-state index contributed by atoms with van der Waals surface area (Å²) < 4.78 is 6.45. The van der Waals surface area contributed by atoms with Gasteiger partial charge in [-0.3, -0.25) is 4.90 Å². The number of aromatic nitrogens is 2. The minimum Gasteiger partial charge on any atom is -0.444 e. The number of imidazole rings is 1. The Morgan fingerprint density at radius 2 is 2.26 bits per heavy atom. The van der Waals surface area contributed by atoms with E-state index in [9.17, 15) is 4.79 Å². The Kier molecular flexibility index (Phi) is 3.03. The van der Waals surface area contributed by atoms with E-state index in [-0.39, 0.29) is 12.1 Å². The first-order valence-corrected chi connectivity index (χ1v) is 7.65. The number of halogens is 1. The van der Waals surface area contributed by atoms with Crippen molar-refractivity contribution in [1.29, 1.82) is 0 Å². The summed E-state index contributed by atoms with van der Waals surface area (Å²) in [5.74, 6) is 1.50. The number of nitrogens with one attached hydrogen (secondary N) is 1. The molecule has 2 fully saturated rings. The molecule has 2 heterocycles. The summed E-state index contributed by atoms with van der Waals surface area (Å²) in [6.45, 7) is 5.70. The lowest BCUT2D eigenvalue weighted by Gasteiger charge is -2.29. The van der Waals surface area contributed by atoms with Gasteiger partial charge in [-0.15, -0.1) is 0 Å². The lowest BCUT2D eigenvalue weighted by molar-refractivity contribution is 0.0175. The molecular formula is C13H18IN3O2. The van der Waals surface area contributed by atoms with Crippen molar-refractivity contribution in [2.24, 2.45) is 5.92 Å². The number of carbonyl (C=O) groups is 1. The predicted molar refractivity (Wildman–Crippen MR) is 78.6 cm³/mol. The fourth-order valence-electron chi connectivity index (χ4n) is 2.76. The Morgan fingerprint density at radius 3 is 2.84 bits per heavy atom. The number of carbonyl (C=O) groups excluding carboxylic acids is 1. The van der Waals surface area contributed by atoms with Gasteiger partial charge in [-0.25, -0.2) is 9.78 Å². The smallest absolute Gasteiger partial charge is 0.411 e. The zero-order valence-corrected chi connectivity index (χ0v) is 13.5. The summed E-state index contributed by atoms with van der Waals surface area (Å²) in [5, 5.41) is 0. The predicted octanol–water partition coefficient (Wildman–Crippen LogP) is 3.08. The molecule has 1 aliphatic heterocycles. The second-order valence-corrected chi connectivity index (χ2v) is 7.42. The van der Waals surface area contributed by atoms with E-state index in [1.807, 2.05) is 31.9 Å². The number of amides is 1. The molecule has 0 bridgehead atoms. The minimum absolute atomic E-state index is 0.0436. The molecule has 2 aliphatic rings. The minimum atomic E-state index is -0.452. The van der Waals surface area contributed by atoms with Crippen LogP contribution in [0.3, 0.4) is 0 Å². The van der Waals surface area contributed by atoms with Gasteiger partial charge in [0.2, 0.25) is 0 Å². The Morgan fingerprint density at radius 1 is 1.53 bits per heavy atom. The number of likely N-dealkylation sites (tertiary alicyclic amines) is 1. The highest BCUT2D eigenvalue weighted by atomic mass is 127. The topological polar surface area (TPSA) is 58.2 Å². The summed E-state index contributed by atoms with van der Waals surface area (Å²) in [7, 11) is 0. The van der Waals surface area contributed by atoms with Gasteiger partial charge in [-0.05, 0) is 62.1 Å². The van der Waals surface area contributed by atoms with Crippen LogP contribution < -0.4 is 0 Å². The van der Waals surface area contributed by atoms with Crippen LogP contribution in [-0.4, -0.2) is 32.6 Å². The largest absolute Gasteiger partial charge is 0.444 e. The molecule has 1 aromatic rings. The number of piperidine rings is 1. The Bertz CT molecular complexity index is 508. The van der Waals surface area contributed by atoms with Crippen molar-refractivity contribution in [3.8, 4) is 0 Å². The third-order valence-corrected chi connectivity index (χ3v) is 4.14. The molecular weight excluding hydrogens is 357 g/mol. The van der Waals surface area contributed by atoms with Crippen molar-refractivity contribution >= 4 is 28.7 Å². The van der Waals surface area contributed by atoms with Gasteiger partial charge in [0.25, 0.3) is 0 Å². The molecule has 1 saturated heterocycles. The Hall–Kier alpha value is -0.790. The van der Waals surface area contributed by atoms with Gasteiger partial charge in [-0.1, -0.05) is 0 Å². The molecule has 1 N–H and O–H groups in total. The maximum absolute atomic E-state index is 12.3. The lowest BCUT2D eigenvalue weighted by atomic mass is 10.1. The molecule has 0 radical (unpaired) electrons. The van der Waals surface area contributed by atoms with E-state index in [4.69, 9.17) is 4.74 Å². The van der Waals surface area contributed by atoms with Crippen LogP contribution in [0, 0.1) is 9.62 Å². The molecule has 5 nitrogen and oxygen atoms in total. The molecule has 6 heteroatoms. The van der Waals surface area contributed by atoms with E-state index in [1.54, 1.807) is 0 Å². The normalized spacial score (nSPS) is 29.3. The van der Waals surface area contributed by atoms with Crippen LogP contribution in [0.5, 0.6) is 0 Å². The summed E-state index contributed by atoms with van der Waals surface area (Å²) in [4.78, 5) is 21.9.